The molecule has 22 heavy (non-hydrogen) atoms. The van der Waals surface area contributed by atoms with Crippen molar-refractivity contribution in [2.45, 2.75) is 26.2 Å². The average Bonchev–Trinajstić information content (AvgIpc) is 2.88. The summed E-state index contributed by atoms with van der Waals surface area (Å²) in [4.78, 5) is 29.0. The van der Waals surface area contributed by atoms with Gasteiger partial charge in [-0.05, 0) is 25.5 Å². The molecule has 2 rings (SSSR count). The number of hydrogen-bond acceptors (Lipinski definition) is 5. The number of Topliss-reactive ketones (excluding diaryl/α,β-unsaturated/α-hetero) is 1. The summed E-state index contributed by atoms with van der Waals surface area (Å²) >= 11 is 1.37. The van der Waals surface area contributed by atoms with Crippen molar-refractivity contribution >= 4 is 23.0 Å². The van der Waals surface area contributed by atoms with E-state index in [0.29, 0.717) is 16.1 Å². The Balaban J connectivity index is 2.32. The maximum atomic E-state index is 12.5. The van der Waals surface area contributed by atoms with E-state index < -0.39 is 11.8 Å². The number of hydrogen-bond donors (Lipinski definition) is 1. The van der Waals surface area contributed by atoms with Crippen LogP contribution in [-0.2, 0) is 6.42 Å². The summed E-state index contributed by atoms with van der Waals surface area (Å²) in [7, 11) is 0. The monoisotopic (exact) mass is 313 g/mol. The fourth-order valence-electron chi connectivity index (χ4n) is 2.09. The molecule has 112 valence electrons. The molecule has 1 aromatic carbocycles. The Morgan fingerprint density at radius 2 is 1.91 bits per heavy atom. The number of amides is 1. The van der Waals surface area contributed by atoms with E-state index in [9.17, 15) is 14.9 Å². The van der Waals surface area contributed by atoms with Gasteiger partial charge in [0, 0.05) is 16.0 Å². The molecular weight excluding hydrogens is 298 g/mol. The maximum Gasteiger partial charge on any atom is 0.248 e. The lowest BCUT2D eigenvalue weighted by molar-refractivity contribution is 0.0973. The summed E-state index contributed by atoms with van der Waals surface area (Å²) < 4.78 is 0. The molecule has 1 aromatic heterocycles. The zero-order chi connectivity index (χ0) is 16.3. The van der Waals surface area contributed by atoms with Gasteiger partial charge in [-0.25, -0.2) is 4.98 Å². The molecule has 1 unspecified atom stereocenters. The number of ketones is 1. The van der Waals surface area contributed by atoms with E-state index in [-0.39, 0.29) is 5.78 Å². The third kappa shape index (κ3) is 3.05. The van der Waals surface area contributed by atoms with E-state index in [1.54, 1.807) is 0 Å². The highest BCUT2D eigenvalue weighted by Crippen LogP contribution is 2.27. The standard InChI is InChI=1S/C16H15N3O2S/c1-3-13-9(2)22-16(19-13)12(8-17)14(20)10-4-6-11(7-5-10)15(18)21/h4-7,12H,3H2,1-2H3,(H2,18,21). The number of aromatic nitrogens is 1. The molecule has 0 aliphatic heterocycles. The third-order valence-electron chi connectivity index (χ3n) is 3.34. The molecule has 0 saturated carbocycles. The number of rotatable bonds is 5. The van der Waals surface area contributed by atoms with Gasteiger partial charge in [-0.2, -0.15) is 5.26 Å². The van der Waals surface area contributed by atoms with Gasteiger partial charge in [0.15, 0.2) is 11.7 Å². The van der Waals surface area contributed by atoms with Crippen LogP contribution >= 0.6 is 11.3 Å². The number of benzene rings is 1. The van der Waals surface area contributed by atoms with E-state index >= 15 is 0 Å². The second-order valence-corrected chi connectivity index (χ2v) is 6.01. The number of carbonyl (C=O) groups is 2. The Labute approximate surface area is 132 Å². The minimum Gasteiger partial charge on any atom is -0.366 e. The quantitative estimate of drug-likeness (QED) is 0.858. The molecule has 2 aromatic rings. The first-order valence-corrected chi connectivity index (χ1v) is 7.59. The Kier molecular flexibility index (Phi) is 4.68. The van der Waals surface area contributed by atoms with Gasteiger partial charge in [-0.15, -0.1) is 11.3 Å². The Morgan fingerprint density at radius 3 is 2.36 bits per heavy atom. The van der Waals surface area contributed by atoms with Crippen LogP contribution < -0.4 is 5.73 Å². The van der Waals surface area contributed by atoms with Gasteiger partial charge < -0.3 is 5.73 Å². The van der Waals surface area contributed by atoms with Crippen molar-refractivity contribution < 1.29 is 9.59 Å². The van der Waals surface area contributed by atoms with Crippen LogP contribution in [0.3, 0.4) is 0 Å². The van der Waals surface area contributed by atoms with Crippen LogP contribution in [0, 0.1) is 18.3 Å². The second kappa shape index (κ2) is 6.50. The summed E-state index contributed by atoms with van der Waals surface area (Å²) in [5, 5.41) is 9.86. The minimum absolute atomic E-state index is 0.323. The first kappa shape index (κ1) is 15.9. The second-order valence-electron chi connectivity index (χ2n) is 4.78. The van der Waals surface area contributed by atoms with Crippen molar-refractivity contribution in [2.24, 2.45) is 5.73 Å². The fourth-order valence-corrected chi connectivity index (χ4v) is 3.15. The lowest BCUT2D eigenvalue weighted by Crippen LogP contribution is -2.13. The highest BCUT2D eigenvalue weighted by atomic mass is 32.1. The van der Waals surface area contributed by atoms with Crippen LogP contribution in [0.25, 0.3) is 0 Å². The van der Waals surface area contributed by atoms with Crippen LogP contribution in [0.2, 0.25) is 0 Å². The van der Waals surface area contributed by atoms with Crippen molar-refractivity contribution in [3.63, 3.8) is 0 Å². The Hall–Kier alpha value is -2.52. The maximum absolute atomic E-state index is 12.5. The number of aryl methyl sites for hydroxylation is 2. The zero-order valence-electron chi connectivity index (χ0n) is 12.3. The van der Waals surface area contributed by atoms with Crippen LogP contribution in [0.1, 0.15) is 49.1 Å². The number of thiazole rings is 1. The number of primary amides is 1. The highest BCUT2D eigenvalue weighted by molar-refractivity contribution is 7.12. The number of nitrogens with two attached hydrogens (primary N) is 1. The molecule has 0 saturated heterocycles. The molecule has 1 heterocycles. The van der Waals surface area contributed by atoms with Crippen molar-refractivity contribution in [2.75, 3.05) is 0 Å². The smallest absolute Gasteiger partial charge is 0.248 e. The fraction of sp³-hybridized carbons (Fsp3) is 0.250. The molecule has 0 aliphatic rings. The summed E-state index contributed by atoms with van der Waals surface area (Å²) in [6, 6.07) is 8.00. The third-order valence-corrected chi connectivity index (χ3v) is 4.41. The Bertz CT molecular complexity index is 757. The largest absolute Gasteiger partial charge is 0.366 e. The SMILES string of the molecule is CCc1nc(C(C#N)C(=O)c2ccc(C(N)=O)cc2)sc1C. The van der Waals surface area contributed by atoms with E-state index in [0.717, 1.165) is 17.0 Å². The van der Waals surface area contributed by atoms with Crippen molar-refractivity contribution in [1.29, 1.82) is 5.26 Å². The van der Waals surface area contributed by atoms with Crippen LogP contribution in [0.4, 0.5) is 0 Å². The van der Waals surface area contributed by atoms with Crippen molar-refractivity contribution in [1.82, 2.24) is 4.98 Å². The molecule has 0 bridgehead atoms. The first-order valence-electron chi connectivity index (χ1n) is 6.77. The van der Waals surface area contributed by atoms with E-state index in [2.05, 4.69) is 4.98 Å². The molecule has 0 fully saturated rings. The summed E-state index contributed by atoms with van der Waals surface area (Å²) in [6.45, 7) is 3.91. The highest BCUT2D eigenvalue weighted by Gasteiger charge is 2.25. The first-order chi connectivity index (χ1) is 10.5. The molecule has 2 N–H and O–H groups in total. The van der Waals surface area contributed by atoms with Crippen molar-refractivity contribution in [3.8, 4) is 6.07 Å². The van der Waals surface area contributed by atoms with E-state index in [1.165, 1.54) is 35.6 Å². The molecule has 0 radical (unpaired) electrons. The molecule has 1 amide bonds. The van der Waals surface area contributed by atoms with Crippen LogP contribution in [0.15, 0.2) is 24.3 Å². The summed E-state index contributed by atoms with van der Waals surface area (Å²) in [6.07, 6.45) is 0.766. The van der Waals surface area contributed by atoms with Gasteiger partial charge in [0.1, 0.15) is 5.01 Å². The number of nitriles is 1. The topological polar surface area (TPSA) is 96.8 Å². The molecule has 0 aliphatic carbocycles. The van der Waals surface area contributed by atoms with Crippen molar-refractivity contribution in [3.05, 3.63) is 51.0 Å². The van der Waals surface area contributed by atoms with Gasteiger partial charge in [0.2, 0.25) is 5.91 Å². The molecule has 6 heteroatoms. The molecule has 5 nitrogen and oxygen atoms in total. The van der Waals surface area contributed by atoms with E-state index in [1.807, 2.05) is 19.9 Å². The molecule has 0 spiro atoms. The predicted octanol–water partition coefficient (Wildman–Crippen LogP) is 2.60. The molecular formula is C16H15N3O2S. The summed E-state index contributed by atoms with van der Waals surface area (Å²) in [5.41, 5.74) is 6.77. The van der Waals surface area contributed by atoms with Gasteiger partial charge in [-0.1, -0.05) is 19.1 Å². The summed E-state index contributed by atoms with van der Waals surface area (Å²) in [5.74, 6) is -1.81. The van der Waals surface area contributed by atoms with Gasteiger partial charge >= 0.3 is 0 Å². The Morgan fingerprint density at radius 1 is 1.32 bits per heavy atom. The minimum atomic E-state index is -0.927. The molecule has 1 atom stereocenters. The van der Waals surface area contributed by atoms with Gasteiger partial charge in [0.05, 0.1) is 11.8 Å². The average molecular weight is 313 g/mol. The normalized spacial score (nSPS) is 11.7. The lowest BCUT2D eigenvalue weighted by atomic mass is 9.98. The number of nitrogens with zero attached hydrogens (tertiary/aromatic N) is 2. The zero-order valence-corrected chi connectivity index (χ0v) is 13.1. The van der Waals surface area contributed by atoms with Crippen LogP contribution in [0.5, 0.6) is 0 Å². The lowest BCUT2D eigenvalue weighted by Gasteiger charge is -2.05. The van der Waals surface area contributed by atoms with Gasteiger partial charge in [-0.3, -0.25) is 9.59 Å². The van der Waals surface area contributed by atoms with E-state index in [4.69, 9.17) is 5.73 Å². The van der Waals surface area contributed by atoms with Gasteiger partial charge in [0.25, 0.3) is 0 Å². The predicted molar refractivity (Wildman–Crippen MR) is 83.9 cm³/mol. The number of carbonyl (C=O) groups excluding carboxylic acids is 2. The van der Waals surface area contributed by atoms with Crippen LogP contribution in [-0.4, -0.2) is 16.7 Å².